The quantitative estimate of drug-likeness (QED) is 0.918. The Labute approximate surface area is 141 Å². The summed E-state index contributed by atoms with van der Waals surface area (Å²) in [7, 11) is 1.94. The minimum absolute atomic E-state index is 0.0328. The van der Waals surface area contributed by atoms with Crippen LogP contribution < -0.4 is 5.32 Å². The van der Waals surface area contributed by atoms with E-state index in [0.29, 0.717) is 5.92 Å². The molecule has 6 heteroatoms. The van der Waals surface area contributed by atoms with Crippen LogP contribution in [0.2, 0.25) is 5.02 Å². The lowest BCUT2D eigenvalue weighted by Gasteiger charge is -2.37. The number of nitriles is 1. The summed E-state index contributed by atoms with van der Waals surface area (Å²) in [5, 5.41) is 11.8. The smallest absolute Gasteiger partial charge is 0.237 e. The number of nitrogens with one attached hydrogen (secondary N) is 1. The summed E-state index contributed by atoms with van der Waals surface area (Å²) in [6, 6.07) is 4.55. The maximum atomic E-state index is 14.1. The third-order valence-corrected chi connectivity index (χ3v) is 4.85. The van der Waals surface area contributed by atoms with Crippen molar-refractivity contribution in [2.75, 3.05) is 13.6 Å². The van der Waals surface area contributed by atoms with E-state index >= 15 is 0 Å². The van der Waals surface area contributed by atoms with E-state index in [2.05, 4.69) is 12.2 Å². The molecular formula is C17H21ClFN3O. The highest BCUT2D eigenvalue weighted by atomic mass is 35.5. The summed E-state index contributed by atoms with van der Waals surface area (Å²) in [5.41, 5.74) is 0.330. The van der Waals surface area contributed by atoms with Crippen molar-refractivity contribution in [2.45, 2.75) is 38.8 Å². The van der Waals surface area contributed by atoms with E-state index in [1.54, 1.807) is 0 Å². The molecule has 0 aliphatic carbocycles. The van der Waals surface area contributed by atoms with Crippen LogP contribution in [0.4, 0.5) is 4.39 Å². The average Bonchev–Trinajstić information content (AvgIpc) is 2.55. The molecule has 1 heterocycles. The second-order valence-electron chi connectivity index (χ2n) is 5.95. The number of likely N-dealkylation sites (N-methyl/N-ethyl adjacent to an activating group) is 1. The second-order valence-corrected chi connectivity index (χ2v) is 6.36. The number of carbonyl (C=O) groups excluding carboxylic acids is 1. The molecule has 124 valence electrons. The average molecular weight is 338 g/mol. The lowest BCUT2D eigenvalue weighted by Crippen LogP contribution is -2.52. The number of hydrogen-bond acceptors (Lipinski definition) is 3. The first-order valence-corrected chi connectivity index (χ1v) is 8.22. The number of rotatable bonds is 4. The number of carbonyl (C=O) groups is 1. The molecule has 23 heavy (non-hydrogen) atoms. The molecule has 1 saturated heterocycles. The van der Waals surface area contributed by atoms with E-state index in [4.69, 9.17) is 16.9 Å². The number of amides is 1. The van der Waals surface area contributed by atoms with Gasteiger partial charge in [-0.15, -0.1) is 0 Å². The van der Waals surface area contributed by atoms with Gasteiger partial charge in [0.2, 0.25) is 5.91 Å². The molecule has 0 radical (unpaired) electrons. The van der Waals surface area contributed by atoms with Crippen LogP contribution in [0.3, 0.4) is 0 Å². The summed E-state index contributed by atoms with van der Waals surface area (Å²) < 4.78 is 14.1. The SMILES string of the molecule is CCC1CCCN(C)C1C(=O)NCc1c(C#N)ccc(Cl)c1F. The zero-order valence-electron chi connectivity index (χ0n) is 13.4. The van der Waals surface area contributed by atoms with Crippen LogP contribution >= 0.6 is 11.6 Å². The van der Waals surface area contributed by atoms with E-state index in [1.807, 2.05) is 18.0 Å². The first-order valence-electron chi connectivity index (χ1n) is 7.84. The van der Waals surface area contributed by atoms with Crippen molar-refractivity contribution >= 4 is 17.5 Å². The Morgan fingerprint density at radius 1 is 1.57 bits per heavy atom. The van der Waals surface area contributed by atoms with Gasteiger partial charge in [0.05, 0.1) is 22.7 Å². The lowest BCUT2D eigenvalue weighted by atomic mass is 9.87. The number of piperidine rings is 1. The fraction of sp³-hybridized carbons (Fsp3) is 0.529. The first kappa shape index (κ1) is 17.7. The molecule has 4 nitrogen and oxygen atoms in total. The molecule has 1 aromatic carbocycles. The van der Waals surface area contributed by atoms with Gasteiger partial charge in [-0.1, -0.05) is 24.9 Å². The van der Waals surface area contributed by atoms with E-state index in [1.165, 1.54) is 12.1 Å². The van der Waals surface area contributed by atoms with Crippen molar-refractivity contribution < 1.29 is 9.18 Å². The normalized spacial score (nSPS) is 21.7. The topological polar surface area (TPSA) is 56.1 Å². The van der Waals surface area contributed by atoms with Gasteiger partial charge in [-0.05, 0) is 44.5 Å². The zero-order valence-corrected chi connectivity index (χ0v) is 14.2. The Hall–Kier alpha value is -1.64. The van der Waals surface area contributed by atoms with E-state index in [0.717, 1.165) is 25.8 Å². The zero-order chi connectivity index (χ0) is 17.0. The molecule has 1 aliphatic rings. The molecule has 0 aromatic heterocycles. The molecular weight excluding hydrogens is 317 g/mol. The minimum Gasteiger partial charge on any atom is -0.350 e. The predicted molar refractivity (Wildman–Crippen MR) is 87.4 cm³/mol. The van der Waals surface area contributed by atoms with Gasteiger partial charge in [-0.2, -0.15) is 5.26 Å². The van der Waals surface area contributed by atoms with Crippen LogP contribution in [0, 0.1) is 23.1 Å². The van der Waals surface area contributed by atoms with Gasteiger partial charge in [0.15, 0.2) is 0 Å². The van der Waals surface area contributed by atoms with Crippen LogP contribution in [0.1, 0.15) is 37.3 Å². The maximum absolute atomic E-state index is 14.1. The van der Waals surface area contributed by atoms with Gasteiger partial charge in [0.25, 0.3) is 0 Å². The van der Waals surface area contributed by atoms with Gasteiger partial charge >= 0.3 is 0 Å². The van der Waals surface area contributed by atoms with Crippen molar-refractivity contribution in [1.82, 2.24) is 10.2 Å². The molecule has 1 aromatic rings. The van der Waals surface area contributed by atoms with E-state index < -0.39 is 5.82 Å². The summed E-state index contributed by atoms with van der Waals surface area (Å²) in [6.07, 6.45) is 3.03. The Morgan fingerprint density at radius 2 is 2.30 bits per heavy atom. The number of nitrogens with zero attached hydrogens (tertiary/aromatic N) is 2. The van der Waals surface area contributed by atoms with Crippen LogP contribution in [-0.4, -0.2) is 30.4 Å². The van der Waals surface area contributed by atoms with Gasteiger partial charge in [0, 0.05) is 12.1 Å². The third kappa shape index (κ3) is 3.82. The first-order chi connectivity index (χ1) is 11.0. The summed E-state index contributed by atoms with van der Waals surface area (Å²) in [6.45, 7) is 2.92. The largest absolute Gasteiger partial charge is 0.350 e. The van der Waals surface area contributed by atoms with Crippen molar-refractivity contribution in [3.05, 3.63) is 34.1 Å². The Kier molecular flexibility index (Phi) is 5.97. The standard InChI is InChI=1S/C17H21ClFN3O/c1-3-11-5-4-8-22(2)16(11)17(23)21-10-13-12(9-20)6-7-14(18)15(13)19/h6-7,11,16H,3-5,8,10H2,1-2H3,(H,21,23). The maximum Gasteiger partial charge on any atom is 0.237 e. The van der Waals surface area contributed by atoms with E-state index in [-0.39, 0.29) is 34.6 Å². The highest BCUT2D eigenvalue weighted by Crippen LogP contribution is 2.26. The minimum atomic E-state index is -0.643. The molecule has 1 aliphatic heterocycles. The summed E-state index contributed by atoms with van der Waals surface area (Å²) in [5.74, 6) is -0.467. The third-order valence-electron chi connectivity index (χ3n) is 4.56. The molecule has 2 unspecified atom stereocenters. The van der Waals surface area contributed by atoms with Crippen LogP contribution in [0.25, 0.3) is 0 Å². The number of hydrogen-bond donors (Lipinski definition) is 1. The predicted octanol–water partition coefficient (Wildman–Crippen LogP) is 3.09. The van der Waals surface area contributed by atoms with Crippen LogP contribution in [-0.2, 0) is 11.3 Å². The number of halogens is 2. The molecule has 0 spiro atoms. The van der Waals surface area contributed by atoms with Crippen molar-refractivity contribution in [2.24, 2.45) is 5.92 Å². The van der Waals surface area contributed by atoms with E-state index in [9.17, 15) is 9.18 Å². The van der Waals surface area contributed by atoms with Gasteiger partial charge in [0.1, 0.15) is 5.82 Å². The Bertz CT molecular complexity index is 629. The highest BCUT2D eigenvalue weighted by Gasteiger charge is 2.33. The summed E-state index contributed by atoms with van der Waals surface area (Å²) >= 11 is 5.77. The molecule has 1 N–H and O–H groups in total. The highest BCUT2D eigenvalue weighted by molar-refractivity contribution is 6.30. The monoisotopic (exact) mass is 337 g/mol. The second kappa shape index (κ2) is 7.76. The molecule has 0 bridgehead atoms. The Balaban J connectivity index is 2.13. The van der Waals surface area contributed by atoms with Crippen molar-refractivity contribution in [1.29, 1.82) is 5.26 Å². The lowest BCUT2D eigenvalue weighted by molar-refractivity contribution is -0.129. The number of likely N-dealkylation sites (tertiary alicyclic amines) is 1. The fourth-order valence-electron chi connectivity index (χ4n) is 3.25. The molecule has 1 fully saturated rings. The van der Waals surface area contributed by atoms with Gasteiger partial charge < -0.3 is 5.32 Å². The Morgan fingerprint density at radius 3 is 2.96 bits per heavy atom. The van der Waals surface area contributed by atoms with Crippen LogP contribution in [0.15, 0.2) is 12.1 Å². The molecule has 2 rings (SSSR count). The van der Waals surface area contributed by atoms with Gasteiger partial charge in [-0.25, -0.2) is 4.39 Å². The van der Waals surface area contributed by atoms with Crippen LogP contribution in [0.5, 0.6) is 0 Å². The summed E-state index contributed by atoms with van der Waals surface area (Å²) in [4.78, 5) is 14.6. The molecule has 0 saturated carbocycles. The molecule has 1 amide bonds. The van der Waals surface area contributed by atoms with Crippen molar-refractivity contribution in [3.63, 3.8) is 0 Å². The van der Waals surface area contributed by atoms with Gasteiger partial charge in [-0.3, -0.25) is 9.69 Å². The van der Waals surface area contributed by atoms with Crippen molar-refractivity contribution in [3.8, 4) is 6.07 Å². The fourth-order valence-corrected chi connectivity index (χ4v) is 3.43. The number of benzene rings is 1. The molecule has 2 atom stereocenters.